The number of aliphatic hydroxyl groups is 2. The van der Waals surface area contributed by atoms with Gasteiger partial charge in [0.25, 0.3) is 0 Å². The van der Waals surface area contributed by atoms with E-state index in [4.69, 9.17) is 9.84 Å². The van der Waals surface area contributed by atoms with Crippen LogP contribution >= 0.6 is 0 Å². The minimum absolute atomic E-state index is 0.203. The SMILES string of the molecule is OCC(O)CNCc1ccc2c(c1)CCCO2. The molecule has 1 unspecified atom stereocenters. The smallest absolute Gasteiger partial charge is 0.122 e. The van der Waals surface area contributed by atoms with Crippen LogP contribution in [0.5, 0.6) is 5.75 Å². The van der Waals surface area contributed by atoms with Gasteiger partial charge in [-0.2, -0.15) is 0 Å². The topological polar surface area (TPSA) is 61.7 Å². The van der Waals surface area contributed by atoms with E-state index in [-0.39, 0.29) is 6.61 Å². The Morgan fingerprint density at radius 3 is 3.12 bits per heavy atom. The van der Waals surface area contributed by atoms with E-state index in [2.05, 4.69) is 11.4 Å². The van der Waals surface area contributed by atoms with Crippen molar-refractivity contribution in [3.05, 3.63) is 29.3 Å². The highest BCUT2D eigenvalue weighted by Crippen LogP contribution is 2.25. The Kier molecular flexibility index (Phi) is 4.36. The number of fused-ring (bicyclic) bond motifs is 1. The lowest BCUT2D eigenvalue weighted by atomic mass is 10.0. The molecule has 0 saturated heterocycles. The molecule has 4 heteroatoms. The van der Waals surface area contributed by atoms with E-state index in [1.54, 1.807) is 0 Å². The van der Waals surface area contributed by atoms with Gasteiger partial charge in [0.1, 0.15) is 5.75 Å². The standard InChI is InChI=1S/C13H19NO3/c15-9-12(16)8-14-7-10-3-4-13-11(6-10)2-1-5-17-13/h3-4,6,12,14-16H,1-2,5,7-9H2. The van der Waals surface area contributed by atoms with Gasteiger partial charge in [0.2, 0.25) is 0 Å². The highest BCUT2D eigenvalue weighted by molar-refractivity contribution is 5.38. The summed E-state index contributed by atoms with van der Waals surface area (Å²) in [5.74, 6) is 0.996. The van der Waals surface area contributed by atoms with Crippen molar-refractivity contribution in [1.29, 1.82) is 0 Å². The van der Waals surface area contributed by atoms with Gasteiger partial charge in [-0.3, -0.25) is 0 Å². The van der Waals surface area contributed by atoms with Crippen LogP contribution < -0.4 is 10.1 Å². The van der Waals surface area contributed by atoms with Gasteiger partial charge in [0, 0.05) is 13.1 Å². The van der Waals surface area contributed by atoms with Crippen LogP contribution in [-0.2, 0) is 13.0 Å². The van der Waals surface area contributed by atoms with Crippen molar-refractivity contribution in [2.45, 2.75) is 25.5 Å². The minimum Gasteiger partial charge on any atom is -0.493 e. The Morgan fingerprint density at radius 2 is 2.29 bits per heavy atom. The third-order valence-electron chi connectivity index (χ3n) is 2.89. The normalized spacial score (nSPS) is 16.1. The van der Waals surface area contributed by atoms with E-state index in [0.717, 1.165) is 25.2 Å². The Hall–Kier alpha value is -1.10. The van der Waals surface area contributed by atoms with Gasteiger partial charge in [0.05, 0.1) is 19.3 Å². The van der Waals surface area contributed by atoms with Crippen LogP contribution in [0.3, 0.4) is 0 Å². The van der Waals surface area contributed by atoms with Crippen molar-refractivity contribution in [2.75, 3.05) is 19.8 Å². The van der Waals surface area contributed by atoms with Crippen LogP contribution in [0.4, 0.5) is 0 Å². The maximum atomic E-state index is 9.20. The van der Waals surface area contributed by atoms with E-state index in [9.17, 15) is 5.11 Å². The van der Waals surface area contributed by atoms with Gasteiger partial charge in [-0.25, -0.2) is 0 Å². The maximum Gasteiger partial charge on any atom is 0.122 e. The number of rotatable bonds is 5. The summed E-state index contributed by atoms with van der Waals surface area (Å²) in [6.07, 6.45) is 1.46. The van der Waals surface area contributed by atoms with Crippen molar-refractivity contribution in [2.24, 2.45) is 0 Å². The third kappa shape index (κ3) is 3.43. The lowest BCUT2D eigenvalue weighted by Crippen LogP contribution is -2.29. The molecule has 1 aliphatic rings. The molecule has 17 heavy (non-hydrogen) atoms. The van der Waals surface area contributed by atoms with Gasteiger partial charge >= 0.3 is 0 Å². The number of ether oxygens (including phenoxy) is 1. The molecule has 0 spiro atoms. The lowest BCUT2D eigenvalue weighted by molar-refractivity contribution is 0.0942. The highest BCUT2D eigenvalue weighted by atomic mass is 16.5. The molecule has 94 valence electrons. The summed E-state index contributed by atoms with van der Waals surface area (Å²) in [5.41, 5.74) is 2.44. The number of aliphatic hydroxyl groups excluding tert-OH is 2. The average Bonchev–Trinajstić information content (AvgIpc) is 2.38. The van der Waals surface area contributed by atoms with Crippen LogP contribution in [0, 0.1) is 0 Å². The molecule has 0 fully saturated rings. The Bertz CT molecular complexity index is 368. The Labute approximate surface area is 101 Å². The molecule has 0 radical (unpaired) electrons. The lowest BCUT2D eigenvalue weighted by Gasteiger charge is -2.18. The van der Waals surface area contributed by atoms with Crippen LogP contribution in [-0.4, -0.2) is 36.1 Å². The van der Waals surface area contributed by atoms with E-state index in [1.807, 2.05) is 12.1 Å². The third-order valence-corrected chi connectivity index (χ3v) is 2.89. The maximum absolute atomic E-state index is 9.20. The summed E-state index contributed by atoms with van der Waals surface area (Å²) in [6, 6.07) is 6.18. The highest BCUT2D eigenvalue weighted by Gasteiger charge is 2.10. The Balaban J connectivity index is 1.89. The van der Waals surface area contributed by atoms with Crippen LogP contribution in [0.1, 0.15) is 17.5 Å². The summed E-state index contributed by atoms with van der Waals surface area (Å²) in [7, 11) is 0. The molecule has 1 atom stereocenters. The number of benzene rings is 1. The fourth-order valence-corrected chi connectivity index (χ4v) is 1.97. The molecule has 1 heterocycles. The van der Waals surface area contributed by atoms with Crippen molar-refractivity contribution < 1.29 is 14.9 Å². The van der Waals surface area contributed by atoms with Gasteiger partial charge in [-0.1, -0.05) is 12.1 Å². The van der Waals surface area contributed by atoms with Gasteiger partial charge in [-0.05, 0) is 30.0 Å². The van der Waals surface area contributed by atoms with Crippen molar-refractivity contribution in [1.82, 2.24) is 5.32 Å². The molecular formula is C13H19NO3. The van der Waals surface area contributed by atoms with Crippen LogP contribution in [0.15, 0.2) is 18.2 Å². The number of hydrogen-bond acceptors (Lipinski definition) is 4. The first kappa shape index (κ1) is 12.4. The molecule has 0 amide bonds. The van der Waals surface area contributed by atoms with E-state index in [0.29, 0.717) is 13.1 Å². The largest absolute Gasteiger partial charge is 0.493 e. The number of hydrogen-bond donors (Lipinski definition) is 3. The second kappa shape index (κ2) is 6.00. The van der Waals surface area contributed by atoms with Gasteiger partial charge in [0.15, 0.2) is 0 Å². The Morgan fingerprint density at radius 1 is 1.41 bits per heavy atom. The summed E-state index contributed by atoms with van der Waals surface area (Å²) in [4.78, 5) is 0. The molecule has 0 aliphatic carbocycles. The van der Waals surface area contributed by atoms with Crippen molar-refractivity contribution in [3.8, 4) is 5.75 Å². The molecule has 2 rings (SSSR count). The number of nitrogens with one attached hydrogen (secondary N) is 1. The molecular weight excluding hydrogens is 218 g/mol. The average molecular weight is 237 g/mol. The first-order valence-electron chi connectivity index (χ1n) is 6.04. The molecule has 0 aromatic heterocycles. The molecule has 4 nitrogen and oxygen atoms in total. The summed E-state index contributed by atoms with van der Waals surface area (Å²) < 4.78 is 5.55. The molecule has 0 bridgehead atoms. The zero-order chi connectivity index (χ0) is 12.1. The van der Waals surface area contributed by atoms with E-state index < -0.39 is 6.10 Å². The summed E-state index contributed by atoms with van der Waals surface area (Å²) in [6.45, 7) is 1.72. The first-order chi connectivity index (χ1) is 8.29. The summed E-state index contributed by atoms with van der Waals surface area (Å²) >= 11 is 0. The van der Waals surface area contributed by atoms with Gasteiger partial charge in [-0.15, -0.1) is 0 Å². The molecule has 1 aliphatic heterocycles. The second-order valence-electron chi connectivity index (χ2n) is 4.36. The van der Waals surface area contributed by atoms with Crippen molar-refractivity contribution >= 4 is 0 Å². The van der Waals surface area contributed by atoms with Crippen LogP contribution in [0.25, 0.3) is 0 Å². The molecule has 1 aromatic rings. The molecule has 0 saturated carbocycles. The first-order valence-corrected chi connectivity index (χ1v) is 6.04. The van der Waals surface area contributed by atoms with Crippen LogP contribution in [0.2, 0.25) is 0 Å². The van der Waals surface area contributed by atoms with E-state index in [1.165, 1.54) is 11.1 Å². The predicted octanol–water partition coefficient (Wildman–Crippen LogP) is 0.454. The fourth-order valence-electron chi connectivity index (χ4n) is 1.97. The zero-order valence-corrected chi connectivity index (χ0v) is 9.85. The fraction of sp³-hybridized carbons (Fsp3) is 0.538. The predicted molar refractivity (Wildman–Crippen MR) is 65.1 cm³/mol. The zero-order valence-electron chi connectivity index (χ0n) is 9.85. The second-order valence-corrected chi connectivity index (χ2v) is 4.36. The summed E-state index contributed by atoms with van der Waals surface area (Å²) in [5, 5.41) is 21.0. The molecule has 1 aromatic carbocycles. The molecule has 3 N–H and O–H groups in total. The monoisotopic (exact) mass is 237 g/mol. The van der Waals surface area contributed by atoms with Gasteiger partial charge < -0.3 is 20.3 Å². The van der Waals surface area contributed by atoms with E-state index >= 15 is 0 Å². The quantitative estimate of drug-likeness (QED) is 0.696. The minimum atomic E-state index is -0.684. The van der Waals surface area contributed by atoms with Crippen molar-refractivity contribution in [3.63, 3.8) is 0 Å². The number of aryl methyl sites for hydroxylation is 1.